The third-order valence-corrected chi connectivity index (χ3v) is 3.33. The van der Waals surface area contributed by atoms with Crippen molar-refractivity contribution in [1.82, 2.24) is 4.98 Å². The Morgan fingerprint density at radius 2 is 1.91 bits per heavy atom. The molecule has 0 spiro atoms. The van der Waals surface area contributed by atoms with Gasteiger partial charge >= 0.3 is 0 Å². The molecular weight excluding hydrogens is 270 g/mol. The molecule has 0 saturated carbocycles. The van der Waals surface area contributed by atoms with Gasteiger partial charge in [0, 0.05) is 26.0 Å². The standard InChI is InChI=1S/C19H27N3/c1-6-10-17-14-22-19(20-5)12-18(17)11-15(7-2)16(8-3)13-21-9-4/h7-8,10-14,20H,6,9H2,1-5H3/b15-7+,16-8+,17-10+,18-11-,21-13?. The molecule has 1 heterocycles. The van der Waals surface area contributed by atoms with Crippen molar-refractivity contribution in [3.05, 3.63) is 46.0 Å². The Labute approximate surface area is 133 Å². The van der Waals surface area contributed by atoms with Gasteiger partial charge in [-0.2, -0.15) is 0 Å². The van der Waals surface area contributed by atoms with Crippen molar-refractivity contribution in [2.24, 2.45) is 4.99 Å². The van der Waals surface area contributed by atoms with Crippen molar-refractivity contribution >= 4 is 24.2 Å². The van der Waals surface area contributed by atoms with Gasteiger partial charge in [0.05, 0.1) is 0 Å². The van der Waals surface area contributed by atoms with E-state index in [2.05, 4.69) is 59.5 Å². The highest BCUT2D eigenvalue weighted by molar-refractivity contribution is 5.89. The Balaban J connectivity index is 3.46. The Bertz CT molecular complexity index is 679. The van der Waals surface area contributed by atoms with Crippen LogP contribution in [0.4, 0.5) is 5.82 Å². The first-order valence-electron chi connectivity index (χ1n) is 7.88. The number of rotatable bonds is 6. The summed E-state index contributed by atoms with van der Waals surface area (Å²) in [6, 6.07) is 2.08. The minimum atomic E-state index is 0.794. The third-order valence-electron chi connectivity index (χ3n) is 3.33. The average molecular weight is 297 g/mol. The molecule has 0 radical (unpaired) electrons. The number of nitrogens with zero attached hydrogens (tertiary/aromatic N) is 2. The van der Waals surface area contributed by atoms with Crippen molar-refractivity contribution in [2.75, 3.05) is 18.9 Å². The monoisotopic (exact) mass is 297 g/mol. The second kappa shape index (κ2) is 9.72. The maximum absolute atomic E-state index is 4.40. The summed E-state index contributed by atoms with van der Waals surface area (Å²) in [5.41, 5.74) is 2.30. The second-order valence-electron chi connectivity index (χ2n) is 4.82. The highest BCUT2D eigenvalue weighted by Gasteiger charge is 1.99. The van der Waals surface area contributed by atoms with Crippen LogP contribution in [0.1, 0.15) is 34.1 Å². The number of pyridine rings is 1. The van der Waals surface area contributed by atoms with Gasteiger partial charge in [0.25, 0.3) is 0 Å². The van der Waals surface area contributed by atoms with Gasteiger partial charge in [-0.25, -0.2) is 4.98 Å². The van der Waals surface area contributed by atoms with Crippen molar-refractivity contribution in [2.45, 2.75) is 34.1 Å². The van der Waals surface area contributed by atoms with E-state index in [-0.39, 0.29) is 0 Å². The lowest BCUT2D eigenvalue weighted by atomic mass is 10.0. The predicted octanol–water partition coefficient (Wildman–Crippen LogP) is 3.08. The molecule has 0 unspecified atom stereocenters. The number of anilines is 1. The molecule has 0 atom stereocenters. The number of hydrogen-bond donors (Lipinski definition) is 1. The number of aliphatic imine (C=N–C) groups is 1. The zero-order chi connectivity index (χ0) is 16.4. The maximum Gasteiger partial charge on any atom is 0.126 e. The van der Waals surface area contributed by atoms with Gasteiger partial charge in [-0.15, -0.1) is 0 Å². The van der Waals surface area contributed by atoms with Crippen LogP contribution in [0.25, 0.3) is 12.2 Å². The van der Waals surface area contributed by atoms with Crippen LogP contribution in [0.5, 0.6) is 0 Å². The first-order valence-corrected chi connectivity index (χ1v) is 7.88. The van der Waals surface area contributed by atoms with Crippen molar-refractivity contribution in [1.29, 1.82) is 0 Å². The molecule has 0 aromatic carbocycles. The van der Waals surface area contributed by atoms with Gasteiger partial charge in [0.15, 0.2) is 0 Å². The van der Waals surface area contributed by atoms with E-state index < -0.39 is 0 Å². The van der Waals surface area contributed by atoms with Gasteiger partial charge < -0.3 is 5.32 Å². The summed E-state index contributed by atoms with van der Waals surface area (Å²) in [6.07, 6.45) is 13.4. The van der Waals surface area contributed by atoms with Crippen LogP contribution in [0.2, 0.25) is 0 Å². The summed E-state index contributed by atoms with van der Waals surface area (Å²) in [5, 5.41) is 5.42. The molecule has 0 fully saturated rings. The van der Waals surface area contributed by atoms with Crippen LogP contribution in [0.15, 0.2) is 40.6 Å². The number of aromatic nitrogens is 1. The first-order chi connectivity index (χ1) is 10.7. The summed E-state index contributed by atoms with van der Waals surface area (Å²) in [6.45, 7) is 9.07. The van der Waals surface area contributed by atoms with Gasteiger partial charge in [-0.05, 0) is 60.9 Å². The predicted molar refractivity (Wildman–Crippen MR) is 98.8 cm³/mol. The normalized spacial score (nSPS) is 15.0. The molecule has 0 bridgehead atoms. The third kappa shape index (κ3) is 4.99. The molecule has 1 aromatic heterocycles. The van der Waals surface area contributed by atoms with Gasteiger partial charge in [-0.3, -0.25) is 4.99 Å². The van der Waals surface area contributed by atoms with Gasteiger partial charge in [0.1, 0.15) is 5.82 Å². The summed E-state index contributed by atoms with van der Waals surface area (Å²) in [4.78, 5) is 8.76. The molecule has 0 saturated heterocycles. The zero-order valence-electron chi connectivity index (χ0n) is 14.4. The minimum Gasteiger partial charge on any atom is -0.373 e. The van der Waals surface area contributed by atoms with Gasteiger partial charge in [-0.1, -0.05) is 25.2 Å². The lowest BCUT2D eigenvalue weighted by Crippen LogP contribution is -2.26. The van der Waals surface area contributed by atoms with Crippen LogP contribution in [0.3, 0.4) is 0 Å². The molecule has 0 aliphatic rings. The molecule has 1 N–H and O–H groups in total. The highest BCUT2D eigenvalue weighted by atomic mass is 14.9. The van der Waals surface area contributed by atoms with E-state index in [0.717, 1.165) is 29.6 Å². The van der Waals surface area contributed by atoms with Crippen molar-refractivity contribution in [3.8, 4) is 0 Å². The number of hydrogen-bond acceptors (Lipinski definition) is 3. The molecule has 1 rings (SSSR count). The first kappa shape index (κ1) is 17.9. The van der Waals surface area contributed by atoms with E-state index in [1.54, 1.807) is 0 Å². The van der Waals surface area contributed by atoms with Crippen molar-refractivity contribution < 1.29 is 0 Å². The van der Waals surface area contributed by atoms with E-state index >= 15 is 0 Å². The Hall–Kier alpha value is -2.16. The van der Waals surface area contributed by atoms with E-state index in [1.807, 2.05) is 33.3 Å². The fourth-order valence-corrected chi connectivity index (χ4v) is 2.14. The molecule has 0 aliphatic carbocycles. The smallest absolute Gasteiger partial charge is 0.126 e. The molecule has 118 valence electrons. The molecule has 3 heteroatoms. The summed E-state index contributed by atoms with van der Waals surface area (Å²) >= 11 is 0. The second-order valence-corrected chi connectivity index (χ2v) is 4.82. The maximum atomic E-state index is 4.40. The SMILES string of the molecule is C/C=C(C=NCC)/C(/C=c1/cc(NC)nc/c1=C\CC)=C/C. The lowest BCUT2D eigenvalue weighted by molar-refractivity contribution is 1.14. The van der Waals surface area contributed by atoms with Crippen LogP contribution in [-0.4, -0.2) is 24.8 Å². The van der Waals surface area contributed by atoms with Crippen LogP contribution < -0.4 is 15.8 Å². The topological polar surface area (TPSA) is 37.3 Å². The van der Waals surface area contributed by atoms with E-state index in [0.29, 0.717) is 0 Å². The summed E-state index contributed by atoms with van der Waals surface area (Å²) < 4.78 is 0. The Morgan fingerprint density at radius 3 is 2.45 bits per heavy atom. The highest BCUT2D eigenvalue weighted by Crippen LogP contribution is 2.09. The average Bonchev–Trinajstić information content (AvgIpc) is 2.55. The quantitative estimate of drug-likeness (QED) is 0.647. The fourth-order valence-electron chi connectivity index (χ4n) is 2.14. The van der Waals surface area contributed by atoms with Crippen LogP contribution in [-0.2, 0) is 0 Å². The Kier molecular flexibility index (Phi) is 7.90. The zero-order valence-corrected chi connectivity index (χ0v) is 14.4. The molecule has 3 nitrogen and oxygen atoms in total. The Morgan fingerprint density at radius 1 is 1.18 bits per heavy atom. The van der Waals surface area contributed by atoms with Gasteiger partial charge in [0.2, 0.25) is 0 Å². The largest absolute Gasteiger partial charge is 0.373 e. The van der Waals surface area contributed by atoms with E-state index in [1.165, 1.54) is 10.8 Å². The lowest BCUT2D eigenvalue weighted by Gasteiger charge is -2.04. The molecule has 22 heavy (non-hydrogen) atoms. The molecule has 0 aliphatic heterocycles. The fraction of sp³-hybridized carbons (Fsp3) is 0.368. The minimum absolute atomic E-state index is 0.794. The van der Waals surface area contributed by atoms with E-state index in [9.17, 15) is 0 Å². The van der Waals surface area contributed by atoms with E-state index in [4.69, 9.17) is 0 Å². The number of allylic oxidation sites excluding steroid dienone is 4. The molecule has 0 amide bonds. The van der Waals surface area contributed by atoms with Crippen LogP contribution >= 0.6 is 0 Å². The van der Waals surface area contributed by atoms with Crippen molar-refractivity contribution in [3.63, 3.8) is 0 Å². The number of nitrogens with one attached hydrogen (secondary N) is 1. The summed E-state index contributed by atoms with van der Waals surface area (Å²) in [7, 11) is 1.89. The molecular formula is C19H27N3. The van der Waals surface area contributed by atoms with Crippen LogP contribution in [0, 0.1) is 0 Å². The molecule has 1 aromatic rings. The summed E-state index contributed by atoms with van der Waals surface area (Å²) in [5.74, 6) is 0.874.